The van der Waals surface area contributed by atoms with Crippen LogP contribution in [0.4, 0.5) is 0 Å². The Kier molecular flexibility index (Phi) is 3.34. The standard InChI is InChI=1S/C7H12ClN3O/c1-10-6-9-11(7(10)12)5-3-2-4-8/h6H,2-5H2,1H3. The number of hydrogen-bond donors (Lipinski definition) is 0. The molecule has 68 valence electrons. The Balaban J connectivity index is 2.52. The molecule has 0 aliphatic rings. The fraction of sp³-hybridized carbons (Fsp3) is 0.714. The minimum Gasteiger partial charge on any atom is -0.285 e. The molecule has 0 unspecified atom stereocenters. The highest BCUT2D eigenvalue weighted by atomic mass is 35.5. The van der Waals surface area contributed by atoms with Gasteiger partial charge in [0, 0.05) is 19.5 Å². The van der Waals surface area contributed by atoms with Crippen molar-refractivity contribution < 1.29 is 0 Å². The molecule has 0 bridgehead atoms. The van der Waals surface area contributed by atoms with Crippen LogP contribution in [0.15, 0.2) is 11.1 Å². The lowest BCUT2D eigenvalue weighted by atomic mass is 10.3. The summed E-state index contributed by atoms with van der Waals surface area (Å²) in [6, 6.07) is 0. The van der Waals surface area contributed by atoms with Gasteiger partial charge in [0.25, 0.3) is 0 Å². The summed E-state index contributed by atoms with van der Waals surface area (Å²) < 4.78 is 2.91. The molecule has 0 aliphatic carbocycles. The first-order valence-corrected chi connectivity index (χ1v) is 4.43. The van der Waals surface area contributed by atoms with Gasteiger partial charge in [-0.2, -0.15) is 5.10 Å². The van der Waals surface area contributed by atoms with Gasteiger partial charge < -0.3 is 0 Å². The van der Waals surface area contributed by atoms with Crippen LogP contribution in [0.2, 0.25) is 0 Å². The van der Waals surface area contributed by atoms with E-state index in [0.29, 0.717) is 12.4 Å². The number of hydrogen-bond acceptors (Lipinski definition) is 2. The van der Waals surface area contributed by atoms with E-state index in [4.69, 9.17) is 11.6 Å². The van der Waals surface area contributed by atoms with Gasteiger partial charge in [-0.25, -0.2) is 9.48 Å². The maximum absolute atomic E-state index is 11.2. The molecule has 1 aromatic rings. The van der Waals surface area contributed by atoms with Gasteiger partial charge in [-0.1, -0.05) is 0 Å². The van der Waals surface area contributed by atoms with E-state index < -0.39 is 0 Å². The first-order valence-electron chi connectivity index (χ1n) is 3.90. The molecule has 1 aromatic heterocycles. The summed E-state index contributed by atoms with van der Waals surface area (Å²) >= 11 is 5.50. The largest absolute Gasteiger partial charge is 0.345 e. The molecule has 12 heavy (non-hydrogen) atoms. The van der Waals surface area contributed by atoms with Gasteiger partial charge in [-0.15, -0.1) is 11.6 Å². The highest BCUT2D eigenvalue weighted by Crippen LogP contribution is 1.93. The smallest absolute Gasteiger partial charge is 0.285 e. The molecule has 0 aliphatic heterocycles. The van der Waals surface area contributed by atoms with E-state index >= 15 is 0 Å². The highest BCUT2D eigenvalue weighted by molar-refractivity contribution is 6.17. The predicted octanol–water partition coefficient (Wildman–Crippen LogP) is 0.601. The van der Waals surface area contributed by atoms with Crippen molar-refractivity contribution in [2.45, 2.75) is 19.4 Å². The average molecular weight is 190 g/mol. The number of aryl methyl sites for hydroxylation is 2. The van der Waals surface area contributed by atoms with E-state index in [9.17, 15) is 4.79 Å². The lowest BCUT2D eigenvalue weighted by Gasteiger charge is -1.96. The van der Waals surface area contributed by atoms with Crippen LogP contribution in [0.25, 0.3) is 0 Å². The maximum Gasteiger partial charge on any atom is 0.345 e. The zero-order chi connectivity index (χ0) is 8.97. The highest BCUT2D eigenvalue weighted by Gasteiger charge is 1.99. The van der Waals surface area contributed by atoms with Crippen molar-refractivity contribution in [1.29, 1.82) is 0 Å². The summed E-state index contributed by atoms with van der Waals surface area (Å²) in [5, 5.41) is 3.91. The average Bonchev–Trinajstić information content (AvgIpc) is 2.36. The van der Waals surface area contributed by atoms with Gasteiger partial charge in [0.1, 0.15) is 6.33 Å². The quantitative estimate of drug-likeness (QED) is 0.514. The zero-order valence-electron chi connectivity index (χ0n) is 7.03. The van der Waals surface area contributed by atoms with Crippen LogP contribution in [-0.2, 0) is 13.6 Å². The molecule has 0 spiro atoms. The molecule has 0 saturated carbocycles. The van der Waals surface area contributed by atoms with Crippen LogP contribution >= 0.6 is 11.6 Å². The summed E-state index contributed by atoms with van der Waals surface area (Å²) in [4.78, 5) is 11.2. The number of unbranched alkanes of at least 4 members (excludes halogenated alkanes) is 1. The molecule has 0 saturated heterocycles. The topological polar surface area (TPSA) is 39.8 Å². The molecule has 1 rings (SSSR count). The molecule has 5 heteroatoms. The van der Waals surface area contributed by atoms with Crippen LogP contribution < -0.4 is 5.69 Å². The minimum absolute atomic E-state index is 0.0652. The van der Waals surface area contributed by atoms with Crippen molar-refractivity contribution in [1.82, 2.24) is 14.3 Å². The van der Waals surface area contributed by atoms with Crippen molar-refractivity contribution >= 4 is 11.6 Å². The third-order valence-electron chi connectivity index (χ3n) is 1.64. The Morgan fingerprint density at radius 1 is 1.58 bits per heavy atom. The molecular weight excluding hydrogens is 178 g/mol. The van der Waals surface area contributed by atoms with E-state index in [2.05, 4.69) is 5.10 Å². The molecule has 0 N–H and O–H groups in total. The molecule has 0 amide bonds. The first kappa shape index (κ1) is 9.32. The van der Waals surface area contributed by atoms with E-state index in [1.54, 1.807) is 7.05 Å². The van der Waals surface area contributed by atoms with Crippen LogP contribution in [-0.4, -0.2) is 20.2 Å². The lowest BCUT2D eigenvalue weighted by Crippen LogP contribution is -2.23. The van der Waals surface area contributed by atoms with Crippen LogP contribution in [0.5, 0.6) is 0 Å². The van der Waals surface area contributed by atoms with Gasteiger partial charge >= 0.3 is 5.69 Å². The molecule has 0 atom stereocenters. The van der Waals surface area contributed by atoms with Crippen molar-refractivity contribution in [3.8, 4) is 0 Å². The van der Waals surface area contributed by atoms with E-state index in [-0.39, 0.29) is 5.69 Å². The Labute approximate surface area is 75.8 Å². The zero-order valence-corrected chi connectivity index (χ0v) is 7.79. The Bertz CT molecular complexity index is 291. The summed E-state index contributed by atoms with van der Waals surface area (Å²) in [6.45, 7) is 0.659. The van der Waals surface area contributed by atoms with Crippen molar-refractivity contribution in [2.24, 2.45) is 7.05 Å². The van der Waals surface area contributed by atoms with Crippen LogP contribution in [0.3, 0.4) is 0 Å². The molecule has 4 nitrogen and oxygen atoms in total. The van der Waals surface area contributed by atoms with Crippen molar-refractivity contribution in [3.63, 3.8) is 0 Å². The van der Waals surface area contributed by atoms with Crippen LogP contribution in [0.1, 0.15) is 12.8 Å². The van der Waals surface area contributed by atoms with Crippen molar-refractivity contribution in [2.75, 3.05) is 5.88 Å². The summed E-state index contributed by atoms with van der Waals surface area (Å²) in [6.07, 6.45) is 3.34. The molecule has 1 heterocycles. The van der Waals surface area contributed by atoms with Gasteiger partial charge in [0.15, 0.2) is 0 Å². The van der Waals surface area contributed by atoms with Gasteiger partial charge in [0.2, 0.25) is 0 Å². The molecular formula is C7H12ClN3O. The number of nitrogens with zero attached hydrogens (tertiary/aromatic N) is 3. The van der Waals surface area contributed by atoms with Crippen LogP contribution in [0, 0.1) is 0 Å². The SMILES string of the molecule is Cn1cnn(CCCCCl)c1=O. The second-order valence-corrected chi connectivity index (χ2v) is 3.02. The molecule has 0 aromatic carbocycles. The first-order chi connectivity index (χ1) is 5.75. The third-order valence-corrected chi connectivity index (χ3v) is 1.91. The Morgan fingerprint density at radius 2 is 2.33 bits per heavy atom. The lowest BCUT2D eigenvalue weighted by molar-refractivity contribution is 0.549. The minimum atomic E-state index is -0.0652. The Morgan fingerprint density at radius 3 is 2.83 bits per heavy atom. The number of aromatic nitrogens is 3. The number of rotatable bonds is 4. The fourth-order valence-corrected chi connectivity index (χ4v) is 1.12. The van der Waals surface area contributed by atoms with Gasteiger partial charge in [-0.3, -0.25) is 4.57 Å². The molecule has 0 fully saturated rings. The van der Waals surface area contributed by atoms with Crippen molar-refractivity contribution in [3.05, 3.63) is 16.8 Å². The van der Waals surface area contributed by atoms with E-state index in [1.165, 1.54) is 15.6 Å². The maximum atomic E-state index is 11.2. The summed E-state index contributed by atoms with van der Waals surface area (Å²) in [5.41, 5.74) is -0.0652. The summed E-state index contributed by atoms with van der Waals surface area (Å²) in [5.74, 6) is 0.640. The fourth-order valence-electron chi connectivity index (χ4n) is 0.930. The molecule has 0 radical (unpaired) electrons. The monoisotopic (exact) mass is 189 g/mol. The number of alkyl halides is 1. The van der Waals surface area contributed by atoms with E-state index in [0.717, 1.165) is 12.8 Å². The second kappa shape index (κ2) is 4.30. The summed E-state index contributed by atoms with van der Waals surface area (Å²) in [7, 11) is 1.69. The normalized spacial score (nSPS) is 10.5. The third kappa shape index (κ3) is 2.11. The van der Waals surface area contributed by atoms with Gasteiger partial charge in [0.05, 0.1) is 0 Å². The van der Waals surface area contributed by atoms with Gasteiger partial charge in [-0.05, 0) is 12.8 Å². The Hall–Kier alpha value is -0.770. The van der Waals surface area contributed by atoms with E-state index in [1.807, 2.05) is 0 Å². The predicted molar refractivity (Wildman–Crippen MR) is 47.4 cm³/mol. The second-order valence-electron chi connectivity index (χ2n) is 2.64. The number of halogens is 1.